The van der Waals surface area contributed by atoms with E-state index < -0.39 is 17.0 Å². The Kier molecular flexibility index (Phi) is 3.53. The first-order valence-corrected chi connectivity index (χ1v) is 7.18. The van der Waals surface area contributed by atoms with Gasteiger partial charge in [0.05, 0.1) is 6.20 Å². The number of benzene rings is 1. The van der Waals surface area contributed by atoms with Crippen LogP contribution in [0.4, 0.5) is 8.78 Å². The van der Waals surface area contributed by atoms with Crippen LogP contribution in [0.15, 0.2) is 30.6 Å². The van der Waals surface area contributed by atoms with Crippen molar-refractivity contribution in [2.75, 3.05) is 6.54 Å². The van der Waals surface area contributed by atoms with Gasteiger partial charge in [0.1, 0.15) is 11.6 Å². The highest BCUT2D eigenvalue weighted by Gasteiger charge is 2.47. The first-order chi connectivity index (χ1) is 10.0. The highest BCUT2D eigenvalue weighted by Crippen LogP contribution is 2.49. The summed E-state index contributed by atoms with van der Waals surface area (Å²) in [6, 6.07) is 4.19. The summed E-state index contributed by atoms with van der Waals surface area (Å²) >= 11 is 0. The molecule has 0 unspecified atom stereocenters. The van der Waals surface area contributed by atoms with Crippen molar-refractivity contribution in [1.29, 1.82) is 0 Å². The Labute approximate surface area is 123 Å². The monoisotopic (exact) mass is 291 g/mol. The van der Waals surface area contributed by atoms with E-state index in [0.717, 1.165) is 18.4 Å². The molecule has 21 heavy (non-hydrogen) atoms. The van der Waals surface area contributed by atoms with Gasteiger partial charge in [-0.3, -0.25) is 4.68 Å². The Hall–Kier alpha value is -1.75. The Bertz CT molecular complexity index is 626. The number of hydrogen-bond acceptors (Lipinski definition) is 2. The maximum atomic E-state index is 14.0. The van der Waals surface area contributed by atoms with E-state index in [1.165, 1.54) is 18.2 Å². The van der Waals surface area contributed by atoms with Crippen LogP contribution in [0.25, 0.3) is 0 Å². The zero-order valence-electron chi connectivity index (χ0n) is 12.2. The lowest BCUT2D eigenvalue weighted by Crippen LogP contribution is -2.30. The Balaban J connectivity index is 1.73. The van der Waals surface area contributed by atoms with Crippen molar-refractivity contribution < 1.29 is 8.78 Å². The highest BCUT2D eigenvalue weighted by atomic mass is 19.1. The molecule has 0 radical (unpaired) electrons. The molecule has 0 spiro atoms. The van der Waals surface area contributed by atoms with Crippen LogP contribution in [0.3, 0.4) is 0 Å². The minimum atomic E-state index is -0.441. The molecule has 0 saturated heterocycles. The van der Waals surface area contributed by atoms with E-state index >= 15 is 0 Å². The first-order valence-electron chi connectivity index (χ1n) is 7.18. The number of nitrogens with zero attached hydrogens (tertiary/aromatic N) is 2. The summed E-state index contributed by atoms with van der Waals surface area (Å²) in [4.78, 5) is 0. The standard InChI is InChI=1S/C16H19F2N3/c1-11(12-8-20-21(2)9-12)19-10-16(6-7-16)15-13(17)4-3-5-14(15)18/h3-5,8-9,11,19H,6-7,10H2,1-2H3/t11-/m0/s1. The number of halogens is 2. The molecule has 1 aliphatic carbocycles. The van der Waals surface area contributed by atoms with E-state index in [-0.39, 0.29) is 11.6 Å². The summed E-state index contributed by atoms with van der Waals surface area (Å²) in [5.74, 6) is -0.883. The van der Waals surface area contributed by atoms with Gasteiger partial charge in [-0.25, -0.2) is 8.78 Å². The van der Waals surface area contributed by atoms with Gasteiger partial charge in [-0.15, -0.1) is 0 Å². The normalized spacial score (nSPS) is 17.7. The third-order valence-electron chi connectivity index (χ3n) is 4.32. The molecule has 1 fully saturated rings. The van der Waals surface area contributed by atoms with Gasteiger partial charge in [0.2, 0.25) is 0 Å². The minimum absolute atomic E-state index is 0.103. The second-order valence-electron chi connectivity index (χ2n) is 5.93. The number of hydrogen-bond donors (Lipinski definition) is 1. The van der Waals surface area contributed by atoms with Crippen molar-refractivity contribution >= 4 is 0 Å². The lowest BCUT2D eigenvalue weighted by atomic mass is 9.94. The van der Waals surface area contributed by atoms with Gasteiger partial charge in [0.25, 0.3) is 0 Å². The van der Waals surface area contributed by atoms with Crippen LogP contribution in [0.2, 0.25) is 0 Å². The van der Waals surface area contributed by atoms with Crippen LogP contribution in [0, 0.1) is 11.6 Å². The summed E-state index contributed by atoms with van der Waals surface area (Å²) in [6.45, 7) is 2.60. The maximum Gasteiger partial charge on any atom is 0.129 e. The van der Waals surface area contributed by atoms with Crippen molar-refractivity contribution in [3.63, 3.8) is 0 Å². The fourth-order valence-corrected chi connectivity index (χ4v) is 2.80. The van der Waals surface area contributed by atoms with Crippen LogP contribution in [0.1, 0.15) is 36.9 Å². The summed E-state index contributed by atoms with van der Waals surface area (Å²) in [6.07, 6.45) is 5.39. The first kappa shape index (κ1) is 14.2. The fraction of sp³-hybridized carbons (Fsp3) is 0.438. The molecule has 1 aromatic heterocycles. The molecular formula is C16H19F2N3. The molecule has 1 saturated carbocycles. The zero-order chi connectivity index (χ0) is 15.0. The van der Waals surface area contributed by atoms with Crippen molar-refractivity contribution in [2.45, 2.75) is 31.2 Å². The largest absolute Gasteiger partial charge is 0.309 e. The Morgan fingerprint density at radius 2 is 2.00 bits per heavy atom. The molecule has 1 N–H and O–H groups in total. The average molecular weight is 291 g/mol. The molecular weight excluding hydrogens is 272 g/mol. The predicted octanol–water partition coefficient (Wildman–Crippen LogP) is 3.08. The zero-order valence-corrected chi connectivity index (χ0v) is 12.2. The number of nitrogens with one attached hydrogen (secondary N) is 1. The number of aryl methyl sites for hydroxylation is 1. The van der Waals surface area contributed by atoms with Crippen molar-refractivity contribution in [3.05, 3.63) is 53.4 Å². The van der Waals surface area contributed by atoms with E-state index in [1.54, 1.807) is 10.9 Å². The van der Waals surface area contributed by atoms with E-state index in [2.05, 4.69) is 10.4 Å². The molecule has 0 bridgehead atoms. The molecule has 112 valence electrons. The third kappa shape index (κ3) is 2.70. The van der Waals surface area contributed by atoms with E-state index in [4.69, 9.17) is 0 Å². The number of aromatic nitrogens is 2. The van der Waals surface area contributed by atoms with Gasteiger partial charge in [0.15, 0.2) is 0 Å². The summed E-state index contributed by atoms with van der Waals surface area (Å²) < 4.78 is 29.7. The Morgan fingerprint density at radius 1 is 1.33 bits per heavy atom. The summed E-state index contributed by atoms with van der Waals surface area (Å²) in [5.41, 5.74) is 0.907. The lowest BCUT2D eigenvalue weighted by molar-refractivity contribution is 0.465. The fourth-order valence-electron chi connectivity index (χ4n) is 2.80. The molecule has 1 aromatic carbocycles. The van der Waals surface area contributed by atoms with Gasteiger partial charge in [0, 0.05) is 42.4 Å². The average Bonchev–Trinajstić information content (AvgIpc) is 3.09. The van der Waals surface area contributed by atoms with Crippen LogP contribution < -0.4 is 5.32 Å². The predicted molar refractivity (Wildman–Crippen MR) is 76.9 cm³/mol. The summed E-state index contributed by atoms with van der Waals surface area (Å²) in [5, 5.41) is 7.52. The van der Waals surface area contributed by atoms with Gasteiger partial charge in [-0.1, -0.05) is 6.07 Å². The topological polar surface area (TPSA) is 29.9 Å². The highest BCUT2D eigenvalue weighted by molar-refractivity contribution is 5.34. The Morgan fingerprint density at radius 3 is 2.52 bits per heavy atom. The smallest absolute Gasteiger partial charge is 0.129 e. The minimum Gasteiger partial charge on any atom is -0.309 e. The second kappa shape index (κ2) is 5.22. The lowest BCUT2D eigenvalue weighted by Gasteiger charge is -2.21. The van der Waals surface area contributed by atoms with Gasteiger partial charge in [-0.05, 0) is 31.9 Å². The van der Waals surface area contributed by atoms with Crippen molar-refractivity contribution in [1.82, 2.24) is 15.1 Å². The van der Waals surface area contributed by atoms with Gasteiger partial charge in [-0.2, -0.15) is 5.10 Å². The van der Waals surface area contributed by atoms with Crippen LogP contribution in [0.5, 0.6) is 0 Å². The van der Waals surface area contributed by atoms with E-state index in [1.807, 2.05) is 20.2 Å². The molecule has 1 heterocycles. The van der Waals surface area contributed by atoms with Crippen molar-refractivity contribution in [3.8, 4) is 0 Å². The molecule has 0 aliphatic heterocycles. The third-order valence-corrected chi connectivity index (χ3v) is 4.32. The van der Waals surface area contributed by atoms with Crippen LogP contribution >= 0.6 is 0 Å². The molecule has 1 aliphatic rings. The van der Waals surface area contributed by atoms with Crippen LogP contribution in [-0.2, 0) is 12.5 Å². The van der Waals surface area contributed by atoms with Crippen LogP contribution in [-0.4, -0.2) is 16.3 Å². The van der Waals surface area contributed by atoms with Gasteiger partial charge >= 0.3 is 0 Å². The number of rotatable bonds is 5. The second-order valence-corrected chi connectivity index (χ2v) is 5.93. The van der Waals surface area contributed by atoms with Crippen molar-refractivity contribution in [2.24, 2.45) is 7.05 Å². The molecule has 2 aromatic rings. The molecule has 5 heteroatoms. The molecule has 0 amide bonds. The quantitative estimate of drug-likeness (QED) is 0.917. The maximum absolute atomic E-state index is 14.0. The molecule has 3 nitrogen and oxygen atoms in total. The van der Waals surface area contributed by atoms with E-state index in [9.17, 15) is 8.78 Å². The van der Waals surface area contributed by atoms with E-state index in [0.29, 0.717) is 6.54 Å². The molecule has 1 atom stereocenters. The van der Waals surface area contributed by atoms with Gasteiger partial charge < -0.3 is 5.32 Å². The SMILES string of the molecule is C[C@H](NCC1(c2c(F)cccc2F)CC1)c1cnn(C)c1. The summed E-state index contributed by atoms with van der Waals surface area (Å²) in [7, 11) is 1.87. The molecule has 3 rings (SSSR count).